The highest BCUT2D eigenvalue weighted by Crippen LogP contribution is 2.56. The summed E-state index contributed by atoms with van der Waals surface area (Å²) in [6.07, 6.45) is -0.0701. The molecule has 9 nitrogen and oxygen atoms in total. The lowest BCUT2D eigenvalue weighted by Crippen LogP contribution is -2.63. The molecule has 0 aliphatic heterocycles. The highest BCUT2D eigenvalue weighted by molar-refractivity contribution is 6.24. The maximum absolute atomic E-state index is 13.6. The molecule has 0 saturated heterocycles. The molecule has 3 aliphatic rings. The van der Waals surface area contributed by atoms with Crippen molar-refractivity contribution in [1.82, 2.24) is 0 Å². The molecular formula is C25H22N2O7. The van der Waals surface area contributed by atoms with Crippen LogP contribution < -0.4 is 11.5 Å². The third kappa shape index (κ3) is 2.65. The molecule has 0 bridgehead atoms. The fourth-order valence-corrected chi connectivity index (χ4v) is 5.77. The lowest BCUT2D eigenvalue weighted by atomic mass is 9.56. The van der Waals surface area contributed by atoms with Crippen LogP contribution in [0.2, 0.25) is 0 Å². The predicted molar refractivity (Wildman–Crippen MR) is 119 cm³/mol. The maximum Gasteiger partial charge on any atom is 0.255 e. The Hall–Kier alpha value is -3.95. The summed E-state index contributed by atoms with van der Waals surface area (Å²) in [5.41, 5.74) is 8.74. The molecule has 5 rings (SSSR count). The van der Waals surface area contributed by atoms with Gasteiger partial charge in [-0.3, -0.25) is 14.4 Å². The van der Waals surface area contributed by atoms with Crippen molar-refractivity contribution in [1.29, 1.82) is 0 Å². The van der Waals surface area contributed by atoms with Crippen LogP contribution >= 0.6 is 0 Å². The summed E-state index contributed by atoms with van der Waals surface area (Å²) in [6, 6.07) is 12.3. The first-order valence-electron chi connectivity index (χ1n) is 10.7. The molecule has 9 heteroatoms. The molecule has 174 valence electrons. The van der Waals surface area contributed by atoms with E-state index in [4.69, 9.17) is 11.5 Å². The summed E-state index contributed by atoms with van der Waals surface area (Å²) in [5, 5.41) is 43.7. The van der Waals surface area contributed by atoms with E-state index in [1.54, 1.807) is 24.3 Å². The van der Waals surface area contributed by atoms with Gasteiger partial charge in [0, 0.05) is 23.3 Å². The van der Waals surface area contributed by atoms with Crippen molar-refractivity contribution in [3.63, 3.8) is 0 Å². The van der Waals surface area contributed by atoms with Crippen molar-refractivity contribution in [2.24, 2.45) is 23.3 Å². The van der Waals surface area contributed by atoms with E-state index in [1.165, 1.54) is 6.07 Å². The molecule has 0 radical (unpaired) electrons. The number of allylic oxidation sites excluding steroid dienone is 1. The Morgan fingerprint density at radius 2 is 1.68 bits per heavy atom. The number of rotatable bonds is 2. The summed E-state index contributed by atoms with van der Waals surface area (Å²) in [5.74, 6) is -7.90. The largest absolute Gasteiger partial charge is 0.510 e. The van der Waals surface area contributed by atoms with Gasteiger partial charge in [0.1, 0.15) is 22.8 Å². The number of aliphatic hydroxyl groups is 3. The first-order valence-corrected chi connectivity index (χ1v) is 10.7. The Balaban J connectivity index is 1.81. The van der Waals surface area contributed by atoms with Crippen molar-refractivity contribution in [2.75, 3.05) is 0 Å². The number of fused-ring (bicyclic) bond motifs is 3. The second kappa shape index (κ2) is 7.28. The number of aromatic hydroxyl groups is 1. The minimum absolute atomic E-state index is 0.0442. The third-order valence-corrected chi connectivity index (χ3v) is 7.30. The van der Waals surface area contributed by atoms with Crippen LogP contribution in [0.25, 0.3) is 0 Å². The first kappa shape index (κ1) is 21.9. The van der Waals surface area contributed by atoms with Crippen LogP contribution in [0.1, 0.15) is 33.8 Å². The lowest BCUT2D eigenvalue weighted by molar-refractivity contribution is -0.145. The van der Waals surface area contributed by atoms with E-state index in [1.807, 2.05) is 18.2 Å². The fourth-order valence-electron chi connectivity index (χ4n) is 5.77. The summed E-state index contributed by atoms with van der Waals surface area (Å²) >= 11 is 0. The Morgan fingerprint density at radius 1 is 1.00 bits per heavy atom. The zero-order valence-corrected chi connectivity index (χ0v) is 17.8. The highest BCUT2D eigenvalue weighted by atomic mass is 16.3. The van der Waals surface area contributed by atoms with E-state index in [0.29, 0.717) is 5.56 Å². The molecule has 2 aromatic rings. The summed E-state index contributed by atoms with van der Waals surface area (Å²) < 4.78 is 0. The number of carbonyl (C=O) groups excluding carboxylic acids is 3. The maximum atomic E-state index is 13.6. The number of amides is 1. The Labute approximate surface area is 193 Å². The average Bonchev–Trinajstić information content (AvgIpc) is 2.80. The van der Waals surface area contributed by atoms with E-state index >= 15 is 0 Å². The normalized spacial score (nSPS) is 30.5. The fraction of sp³-hybridized carbons (Fsp3) is 0.240. The number of phenols is 1. The molecule has 2 aromatic carbocycles. The van der Waals surface area contributed by atoms with Gasteiger partial charge in [0.2, 0.25) is 5.78 Å². The smallest absolute Gasteiger partial charge is 0.255 e. The van der Waals surface area contributed by atoms with Gasteiger partial charge in [0.15, 0.2) is 11.4 Å². The zero-order chi connectivity index (χ0) is 24.5. The van der Waals surface area contributed by atoms with Crippen LogP contribution in [0, 0.1) is 11.8 Å². The molecule has 3 aliphatic carbocycles. The number of hydrogen-bond donors (Lipinski definition) is 6. The SMILES string of the molecule is NC(=O)C1=C(O)[C@@H](N)[C@@H]2C[C@H]3C(=C(O)[C@]2(O)C1=O)C(=O)c1c(O)cccc1[C@@H]3c1ccccc1. The third-order valence-electron chi connectivity index (χ3n) is 7.30. The van der Waals surface area contributed by atoms with E-state index in [0.717, 1.165) is 5.56 Å². The molecule has 8 N–H and O–H groups in total. The quantitative estimate of drug-likeness (QED) is 0.358. The number of carbonyl (C=O) groups is 3. The monoisotopic (exact) mass is 462 g/mol. The van der Waals surface area contributed by atoms with Gasteiger partial charge in [-0.1, -0.05) is 42.5 Å². The molecule has 0 fully saturated rings. The molecule has 0 aromatic heterocycles. The second-order valence-electron chi connectivity index (χ2n) is 8.92. The van der Waals surface area contributed by atoms with E-state index in [9.17, 15) is 34.8 Å². The minimum atomic E-state index is -2.74. The van der Waals surface area contributed by atoms with Crippen molar-refractivity contribution in [2.45, 2.75) is 24.0 Å². The molecule has 0 heterocycles. The van der Waals surface area contributed by atoms with Crippen molar-refractivity contribution >= 4 is 17.5 Å². The van der Waals surface area contributed by atoms with Crippen LogP contribution in [0.3, 0.4) is 0 Å². The van der Waals surface area contributed by atoms with Gasteiger partial charge >= 0.3 is 0 Å². The Bertz CT molecular complexity index is 1330. The average molecular weight is 462 g/mol. The standard InChI is InChI=1S/C25H22N2O7/c26-19-13-9-12-15(10-5-2-1-3-6-10)11-7-4-8-14(28)16(11)20(29)17(12)22(31)25(13,34)23(32)18(21(19)30)24(27)33/h1-8,12-13,15,19,28,30-31,34H,9,26H2,(H2,27,33)/t12-,13+,15+,19+,25+/m1/s1. The molecule has 0 saturated carbocycles. The van der Waals surface area contributed by atoms with Crippen LogP contribution in [0.4, 0.5) is 0 Å². The topological polar surface area (TPSA) is 184 Å². The molecule has 5 atom stereocenters. The number of Topliss-reactive ketones (excluding diaryl/α,β-unsaturated/α-hetero) is 2. The molecule has 1 amide bonds. The zero-order valence-electron chi connectivity index (χ0n) is 17.8. The van der Waals surface area contributed by atoms with Crippen molar-refractivity contribution < 1.29 is 34.8 Å². The van der Waals surface area contributed by atoms with Crippen LogP contribution in [-0.2, 0) is 9.59 Å². The lowest BCUT2D eigenvalue weighted by Gasteiger charge is -2.49. The van der Waals surface area contributed by atoms with Crippen molar-refractivity contribution in [3.05, 3.63) is 87.9 Å². The Kier molecular flexibility index (Phi) is 4.68. The van der Waals surface area contributed by atoms with E-state index in [2.05, 4.69) is 0 Å². The van der Waals surface area contributed by atoms with Gasteiger partial charge < -0.3 is 31.9 Å². The van der Waals surface area contributed by atoms with Gasteiger partial charge in [-0.2, -0.15) is 0 Å². The number of primary amides is 1. The second-order valence-corrected chi connectivity index (χ2v) is 8.92. The molecule has 34 heavy (non-hydrogen) atoms. The number of benzene rings is 2. The van der Waals surface area contributed by atoms with Crippen LogP contribution in [-0.4, -0.2) is 49.5 Å². The summed E-state index contributed by atoms with van der Waals surface area (Å²) in [7, 11) is 0. The van der Waals surface area contributed by atoms with Gasteiger partial charge in [-0.15, -0.1) is 0 Å². The Morgan fingerprint density at radius 3 is 2.32 bits per heavy atom. The number of hydrogen-bond acceptors (Lipinski definition) is 8. The number of aliphatic hydroxyl groups excluding tert-OH is 2. The summed E-state index contributed by atoms with van der Waals surface area (Å²) in [4.78, 5) is 38.6. The van der Waals surface area contributed by atoms with Gasteiger partial charge in [0.05, 0.1) is 11.6 Å². The first-order chi connectivity index (χ1) is 16.1. The van der Waals surface area contributed by atoms with Crippen LogP contribution in [0.5, 0.6) is 5.75 Å². The van der Waals surface area contributed by atoms with Gasteiger partial charge in [-0.05, 0) is 23.6 Å². The number of phenolic OH excluding ortho intramolecular Hbond substituents is 1. The van der Waals surface area contributed by atoms with Gasteiger partial charge in [-0.25, -0.2) is 0 Å². The molecule has 0 spiro atoms. The summed E-state index contributed by atoms with van der Waals surface area (Å²) in [6.45, 7) is 0. The number of nitrogens with two attached hydrogens (primary N) is 2. The minimum Gasteiger partial charge on any atom is -0.510 e. The van der Waals surface area contributed by atoms with E-state index in [-0.39, 0.29) is 23.3 Å². The molecule has 0 unspecified atom stereocenters. The predicted octanol–water partition coefficient (Wildman–Crippen LogP) is 1.11. The van der Waals surface area contributed by atoms with E-state index < -0.39 is 64.0 Å². The highest BCUT2D eigenvalue weighted by Gasteiger charge is 2.63. The van der Waals surface area contributed by atoms with Gasteiger partial charge in [0.25, 0.3) is 5.91 Å². The van der Waals surface area contributed by atoms with Crippen molar-refractivity contribution in [3.8, 4) is 5.75 Å². The molecular weight excluding hydrogens is 440 g/mol. The number of ketones is 2. The van der Waals surface area contributed by atoms with Crippen LogP contribution in [0.15, 0.2) is 71.2 Å².